The van der Waals surface area contributed by atoms with Crippen molar-refractivity contribution < 1.29 is 18.3 Å². The zero-order valence-corrected chi connectivity index (χ0v) is 9.47. The Balaban J connectivity index is 3.48. The fraction of sp³-hybridized carbons (Fsp3) is 0.909. The van der Waals surface area contributed by atoms with E-state index in [0.29, 0.717) is 12.3 Å². The quantitative estimate of drug-likeness (QED) is 0.560. The van der Waals surface area contributed by atoms with Crippen LogP contribution in [0.15, 0.2) is 0 Å². The standard InChI is InChI=1S/C11H20F2O2/c1-3-9(4-2)7-10(14)5-6-15-8-11(12)13/h9,11H,3-8H2,1-2H3. The summed E-state index contributed by atoms with van der Waals surface area (Å²) >= 11 is 0. The molecule has 0 heterocycles. The first kappa shape index (κ1) is 14.5. The number of alkyl halides is 2. The van der Waals surface area contributed by atoms with E-state index in [9.17, 15) is 13.6 Å². The van der Waals surface area contributed by atoms with Gasteiger partial charge in [-0.1, -0.05) is 26.7 Å². The second kappa shape index (κ2) is 8.77. The number of ether oxygens (including phenoxy) is 1. The molecule has 0 rings (SSSR count). The maximum atomic E-state index is 11.7. The molecule has 90 valence electrons. The molecular weight excluding hydrogens is 202 g/mol. The average molecular weight is 222 g/mol. The van der Waals surface area contributed by atoms with E-state index in [0.717, 1.165) is 12.8 Å². The lowest BCUT2D eigenvalue weighted by molar-refractivity contribution is -0.121. The van der Waals surface area contributed by atoms with Crippen molar-refractivity contribution in [2.24, 2.45) is 5.92 Å². The minimum absolute atomic E-state index is 0.109. The van der Waals surface area contributed by atoms with Crippen molar-refractivity contribution in [2.45, 2.75) is 46.0 Å². The van der Waals surface area contributed by atoms with Gasteiger partial charge < -0.3 is 4.74 Å². The molecule has 0 fully saturated rings. The van der Waals surface area contributed by atoms with Crippen LogP contribution in [0.4, 0.5) is 8.78 Å². The number of rotatable bonds is 9. The molecule has 4 heteroatoms. The third-order valence-corrected chi connectivity index (χ3v) is 2.44. The first-order valence-corrected chi connectivity index (χ1v) is 5.47. The van der Waals surface area contributed by atoms with Gasteiger partial charge in [-0.25, -0.2) is 8.78 Å². The molecule has 0 bridgehead atoms. The molecule has 15 heavy (non-hydrogen) atoms. The predicted molar refractivity (Wildman–Crippen MR) is 55.1 cm³/mol. The SMILES string of the molecule is CCC(CC)CC(=O)CCOCC(F)F. The van der Waals surface area contributed by atoms with Gasteiger partial charge in [0.15, 0.2) is 0 Å². The average Bonchev–Trinajstić information content (AvgIpc) is 2.20. The molecule has 0 N–H and O–H groups in total. The van der Waals surface area contributed by atoms with Gasteiger partial charge in [0.05, 0.1) is 6.61 Å². The van der Waals surface area contributed by atoms with E-state index in [1.54, 1.807) is 0 Å². The van der Waals surface area contributed by atoms with Crippen molar-refractivity contribution in [3.05, 3.63) is 0 Å². The van der Waals surface area contributed by atoms with Gasteiger partial charge in [-0.3, -0.25) is 4.79 Å². The Morgan fingerprint density at radius 1 is 1.27 bits per heavy atom. The van der Waals surface area contributed by atoms with Crippen molar-refractivity contribution in [3.63, 3.8) is 0 Å². The van der Waals surface area contributed by atoms with Crippen molar-refractivity contribution in [1.82, 2.24) is 0 Å². The second-order valence-corrected chi connectivity index (χ2v) is 3.64. The van der Waals surface area contributed by atoms with Crippen LogP contribution < -0.4 is 0 Å². The normalized spacial score (nSPS) is 11.3. The van der Waals surface area contributed by atoms with Crippen molar-refractivity contribution in [1.29, 1.82) is 0 Å². The zero-order valence-electron chi connectivity index (χ0n) is 9.47. The van der Waals surface area contributed by atoms with Crippen LogP contribution in [0.2, 0.25) is 0 Å². The lowest BCUT2D eigenvalue weighted by atomic mass is 9.96. The lowest BCUT2D eigenvalue weighted by Crippen LogP contribution is -2.12. The van der Waals surface area contributed by atoms with Crippen LogP contribution in [0, 0.1) is 5.92 Å². The topological polar surface area (TPSA) is 26.3 Å². The van der Waals surface area contributed by atoms with Crippen LogP contribution in [0.3, 0.4) is 0 Å². The van der Waals surface area contributed by atoms with E-state index in [1.165, 1.54) is 0 Å². The summed E-state index contributed by atoms with van der Waals surface area (Å²) in [5.74, 6) is 0.533. The molecule has 0 aliphatic rings. The molecule has 0 unspecified atom stereocenters. The zero-order chi connectivity index (χ0) is 11.7. The Morgan fingerprint density at radius 2 is 1.87 bits per heavy atom. The molecule has 2 nitrogen and oxygen atoms in total. The maximum absolute atomic E-state index is 11.7. The Kier molecular flexibility index (Phi) is 8.47. The number of carbonyl (C=O) groups is 1. The highest BCUT2D eigenvalue weighted by atomic mass is 19.3. The van der Waals surface area contributed by atoms with E-state index in [4.69, 9.17) is 0 Å². The van der Waals surface area contributed by atoms with Crippen LogP contribution in [0.5, 0.6) is 0 Å². The van der Waals surface area contributed by atoms with E-state index in [-0.39, 0.29) is 18.8 Å². The van der Waals surface area contributed by atoms with E-state index >= 15 is 0 Å². The Hall–Kier alpha value is -0.510. The first-order valence-electron chi connectivity index (χ1n) is 5.47. The third kappa shape index (κ3) is 8.48. The molecule has 0 atom stereocenters. The molecule has 0 amide bonds. The van der Waals surface area contributed by atoms with Crippen LogP contribution in [-0.2, 0) is 9.53 Å². The Labute approximate surface area is 90.0 Å². The summed E-state index contributed by atoms with van der Waals surface area (Å²) in [5.41, 5.74) is 0. The summed E-state index contributed by atoms with van der Waals surface area (Å²) in [6, 6.07) is 0. The van der Waals surface area contributed by atoms with Gasteiger partial charge in [-0.2, -0.15) is 0 Å². The molecule has 0 saturated carbocycles. The van der Waals surface area contributed by atoms with Crippen LogP contribution in [0.25, 0.3) is 0 Å². The number of halogens is 2. The summed E-state index contributed by atoms with van der Waals surface area (Å²) in [4.78, 5) is 11.3. The smallest absolute Gasteiger partial charge is 0.261 e. The van der Waals surface area contributed by atoms with Gasteiger partial charge in [-0.05, 0) is 5.92 Å². The number of hydrogen-bond donors (Lipinski definition) is 0. The number of ketones is 1. The van der Waals surface area contributed by atoms with Gasteiger partial charge in [0.25, 0.3) is 6.43 Å². The predicted octanol–water partition coefficient (Wildman–Crippen LogP) is 3.05. The molecule has 0 aliphatic heterocycles. The molecular formula is C11H20F2O2. The highest BCUT2D eigenvalue weighted by Gasteiger charge is 2.10. The highest BCUT2D eigenvalue weighted by Crippen LogP contribution is 2.13. The summed E-state index contributed by atoms with van der Waals surface area (Å²) in [6.07, 6.45) is 0.327. The Morgan fingerprint density at radius 3 is 2.33 bits per heavy atom. The van der Waals surface area contributed by atoms with E-state index in [1.807, 2.05) is 0 Å². The van der Waals surface area contributed by atoms with Gasteiger partial charge in [0.2, 0.25) is 0 Å². The largest absolute Gasteiger partial charge is 0.375 e. The first-order chi connectivity index (χ1) is 7.10. The monoisotopic (exact) mass is 222 g/mol. The second-order valence-electron chi connectivity index (χ2n) is 3.64. The summed E-state index contributed by atoms with van der Waals surface area (Å²) in [5, 5.41) is 0. The molecule has 0 aliphatic carbocycles. The van der Waals surface area contributed by atoms with Gasteiger partial charge in [0, 0.05) is 12.8 Å². The molecule has 0 radical (unpaired) electrons. The molecule has 0 spiro atoms. The van der Waals surface area contributed by atoms with Crippen LogP contribution >= 0.6 is 0 Å². The van der Waals surface area contributed by atoms with Crippen LogP contribution in [0.1, 0.15) is 39.5 Å². The Bertz CT molecular complexity index is 168. The van der Waals surface area contributed by atoms with Crippen molar-refractivity contribution in [3.8, 4) is 0 Å². The lowest BCUT2D eigenvalue weighted by Gasteiger charge is -2.10. The maximum Gasteiger partial charge on any atom is 0.261 e. The van der Waals surface area contributed by atoms with Crippen molar-refractivity contribution in [2.75, 3.05) is 13.2 Å². The molecule has 0 saturated heterocycles. The number of Topliss-reactive ketones (excluding diaryl/α,β-unsaturated/α-hetero) is 1. The highest BCUT2D eigenvalue weighted by molar-refractivity contribution is 5.78. The van der Waals surface area contributed by atoms with E-state index < -0.39 is 13.0 Å². The number of hydrogen-bond acceptors (Lipinski definition) is 2. The summed E-state index contributed by atoms with van der Waals surface area (Å²) < 4.78 is 28.0. The third-order valence-electron chi connectivity index (χ3n) is 2.44. The molecule has 0 aromatic rings. The number of carbonyl (C=O) groups excluding carboxylic acids is 1. The minimum atomic E-state index is -2.45. The van der Waals surface area contributed by atoms with Gasteiger partial charge >= 0.3 is 0 Å². The van der Waals surface area contributed by atoms with Crippen molar-refractivity contribution >= 4 is 5.78 Å². The fourth-order valence-electron chi connectivity index (χ4n) is 1.36. The molecule has 0 aromatic heterocycles. The molecule has 0 aromatic carbocycles. The minimum Gasteiger partial charge on any atom is -0.375 e. The van der Waals surface area contributed by atoms with E-state index in [2.05, 4.69) is 18.6 Å². The van der Waals surface area contributed by atoms with Gasteiger partial charge in [-0.15, -0.1) is 0 Å². The van der Waals surface area contributed by atoms with Crippen LogP contribution in [-0.4, -0.2) is 25.4 Å². The fourth-order valence-corrected chi connectivity index (χ4v) is 1.36. The summed E-state index contributed by atoms with van der Waals surface area (Å²) in [7, 11) is 0. The summed E-state index contributed by atoms with van der Waals surface area (Å²) in [6.45, 7) is 3.64. The van der Waals surface area contributed by atoms with Gasteiger partial charge in [0.1, 0.15) is 12.4 Å².